The zero-order valence-electron chi connectivity index (χ0n) is 17.6. The van der Waals surface area contributed by atoms with Crippen LogP contribution in [0, 0.1) is 5.41 Å². The molecule has 0 aliphatic heterocycles. The van der Waals surface area contributed by atoms with E-state index in [0.29, 0.717) is 13.0 Å². The molecular weight excluding hydrogens is 473 g/mol. The third-order valence-electron chi connectivity index (χ3n) is 4.35. The SMILES string of the molecule is CCNC(=NCC(C)(C)CCS(C)(=O)=O)N(C)Cc1ccc(CC)cc1.I. The van der Waals surface area contributed by atoms with Crippen LogP contribution >= 0.6 is 24.0 Å². The van der Waals surface area contributed by atoms with Crippen LogP contribution < -0.4 is 5.32 Å². The number of hydrogen-bond donors (Lipinski definition) is 1. The minimum atomic E-state index is -2.94. The fourth-order valence-corrected chi connectivity index (χ4v) is 3.45. The second-order valence-corrected chi connectivity index (χ2v) is 10.0. The lowest BCUT2D eigenvalue weighted by Crippen LogP contribution is -2.39. The van der Waals surface area contributed by atoms with Gasteiger partial charge in [0.2, 0.25) is 0 Å². The van der Waals surface area contributed by atoms with Crippen molar-refractivity contribution in [3.63, 3.8) is 0 Å². The van der Waals surface area contributed by atoms with Crippen LogP contribution in [0.3, 0.4) is 0 Å². The number of rotatable bonds is 9. The number of guanidine groups is 1. The standard InChI is InChI=1S/C20H35N3O2S.HI/c1-7-17-9-11-18(12-10-17)15-23(5)19(21-8-2)22-16-20(3,4)13-14-26(6,24)25;/h9-12H,7-8,13-16H2,1-6H3,(H,21,22);1H. The average Bonchev–Trinajstić information content (AvgIpc) is 2.57. The van der Waals surface area contributed by atoms with Gasteiger partial charge in [0.25, 0.3) is 0 Å². The van der Waals surface area contributed by atoms with E-state index in [9.17, 15) is 8.42 Å². The van der Waals surface area contributed by atoms with E-state index in [0.717, 1.165) is 25.5 Å². The second kappa shape index (κ2) is 11.9. The van der Waals surface area contributed by atoms with E-state index < -0.39 is 9.84 Å². The van der Waals surface area contributed by atoms with Crippen molar-refractivity contribution in [2.24, 2.45) is 10.4 Å². The number of nitrogens with zero attached hydrogens (tertiary/aromatic N) is 2. The topological polar surface area (TPSA) is 61.8 Å². The van der Waals surface area contributed by atoms with Crippen LogP contribution in [0.4, 0.5) is 0 Å². The van der Waals surface area contributed by atoms with Gasteiger partial charge in [-0.15, -0.1) is 24.0 Å². The van der Waals surface area contributed by atoms with E-state index in [2.05, 4.69) is 55.3 Å². The molecule has 27 heavy (non-hydrogen) atoms. The molecule has 0 unspecified atom stereocenters. The fourth-order valence-electron chi connectivity index (χ4n) is 2.53. The number of aliphatic imine (C=N–C) groups is 1. The Morgan fingerprint density at radius 1 is 1.15 bits per heavy atom. The van der Waals surface area contributed by atoms with Gasteiger partial charge in [0.1, 0.15) is 9.84 Å². The van der Waals surface area contributed by atoms with Crippen molar-refractivity contribution >= 4 is 39.8 Å². The highest BCUT2D eigenvalue weighted by atomic mass is 127. The third kappa shape index (κ3) is 10.9. The second-order valence-electron chi connectivity index (χ2n) is 7.74. The van der Waals surface area contributed by atoms with Crippen LogP contribution in [0.1, 0.15) is 45.2 Å². The average molecular weight is 509 g/mol. The van der Waals surface area contributed by atoms with Crippen LogP contribution in [-0.4, -0.2) is 51.4 Å². The maximum Gasteiger partial charge on any atom is 0.193 e. The van der Waals surface area contributed by atoms with Gasteiger partial charge in [-0.1, -0.05) is 45.0 Å². The summed E-state index contributed by atoms with van der Waals surface area (Å²) in [5.74, 6) is 1.05. The predicted octanol–water partition coefficient (Wildman–Crippen LogP) is 3.73. The molecule has 1 aromatic rings. The summed E-state index contributed by atoms with van der Waals surface area (Å²) in [6.45, 7) is 10.5. The maximum atomic E-state index is 11.4. The van der Waals surface area contributed by atoms with Crippen LogP contribution in [-0.2, 0) is 22.8 Å². The predicted molar refractivity (Wildman–Crippen MR) is 127 cm³/mol. The lowest BCUT2D eigenvalue weighted by atomic mass is 9.90. The molecule has 0 atom stereocenters. The number of benzene rings is 1. The van der Waals surface area contributed by atoms with Gasteiger partial charge in [0.05, 0.1) is 5.75 Å². The molecule has 7 heteroatoms. The Hall–Kier alpha value is -0.830. The van der Waals surface area contributed by atoms with Crippen LogP contribution in [0.5, 0.6) is 0 Å². The molecule has 0 saturated heterocycles. The third-order valence-corrected chi connectivity index (χ3v) is 5.30. The summed E-state index contributed by atoms with van der Waals surface area (Å²) in [5.41, 5.74) is 2.42. The van der Waals surface area contributed by atoms with E-state index in [1.54, 1.807) is 0 Å². The molecule has 0 bridgehead atoms. The van der Waals surface area contributed by atoms with Crippen molar-refractivity contribution in [1.82, 2.24) is 10.2 Å². The van der Waals surface area contributed by atoms with Crippen molar-refractivity contribution in [3.8, 4) is 0 Å². The number of aryl methyl sites for hydroxylation is 1. The Morgan fingerprint density at radius 3 is 2.19 bits per heavy atom. The van der Waals surface area contributed by atoms with Crippen LogP contribution in [0.2, 0.25) is 0 Å². The lowest BCUT2D eigenvalue weighted by Gasteiger charge is -2.26. The highest BCUT2D eigenvalue weighted by Crippen LogP contribution is 2.21. The minimum absolute atomic E-state index is 0. The summed E-state index contributed by atoms with van der Waals surface area (Å²) in [4.78, 5) is 6.86. The summed E-state index contributed by atoms with van der Waals surface area (Å²) in [6.07, 6.45) is 2.94. The Bertz CT molecular complexity index is 686. The van der Waals surface area contributed by atoms with E-state index in [4.69, 9.17) is 4.99 Å². The molecule has 156 valence electrons. The summed E-state index contributed by atoms with van der Waals surface area (Å²) in [7, 11) is -0.917. The molecule has 1 N–H and O–H groups in total. The van der Waals surface area contributed by atoms with E-state index in [1.165, 1.54) is 17.4 Å². The zero-order valence-corrected chi connectivity index (χ0v) is 20.7. The first kappa shape index (κ1) is 26.2. The van der Waals surface area contributed by atoms with Gasteiger partial charge in [-0.3, -0.25) is 4.99 Å². The molecule has 0 fully saturated rings. The summed E-state index contributed by atoms with van der Waals surface area (Å²) >= 11 is 0. The molecule has 0 saturated carbocycles. The molecule has 0 aliphatic carbocycles. The monoisotopic (exact) mass is 509 g/mol. The number of hydrogen-bond acceptors (Lipinski definition) is 3. The van der Waals surface area contributed by atoms with Gasteiger partial charge in [-0.05, 0) is 36.3 Å². The Labute approximate surface area is 183 Å². The molecule has 0 heterocycles. The Morgan fingerprint density at radius 2 is 1.70 bits per heavy atom. The van der Waals surface area contributed by atoms with E-state index in [1.807, 2.05) is 14.0 Å². The van der Waals surface area contributed by atoms with E-state index >= 15 is 0 Å². The lowest BCUT2D eigenvalue weighted by molar-refractivity contribution is 0.361. The quantitative estimate of drug-likeness (QED) is 0.313. The summed E-state index contributed by atoms with van der Waals surface area (Å²) in [5, 5.41) is 3.33. The molecule has 5 nitrogen and oxygen atoms in total. The zero-order chi connectivity index (χ0) is 19.8. The molecule has 0 radical (unpaired) electrons. The molecule has 0 aliphatic rings. The maximum absolute atomic E-state index is 11.4. The summed E-state index contributed by atoms with van der Waals surface area (Å²) < 4.78 is 22.8. The van der Waals surface area contributed by atoms with Gasteiger partial charge < -0.3 is 10.2 Å². The van der Waals surface area contributed by atoms with Crippen molar-refractivity contribution < 1.29 is 8.42 Å². The Kier molecular flexibility index (Phi) is 11.5. The summed E-state index contributed by atoms with van der Waals surface area (Å²) in [6, 6.07) is 8.66. The Balaban J connectivity index is 0.00000676. The van der Waals surface area contributed by atoms with Crippen LogP contribution in [0.25, 0.3) is 0 Å². The van der Waals surface area contributed by atoms with E-state index in [-0.39, 0.29) is 35.1 Å². The van der Waals surface area contributed by atoms with Crippen molar-refractivity contribution in [2.45, 2.75) is 47.1 Å². The van der Waals surface area contributed by atoms with Gasteiger partial charge in [-0.25, -0.2) is 8.42 Å². The van der Waals surface area contributed by atoms with Gasteiger partial charge >= 0.3 is 0 Å². The number of nitrogens with one attached hydrogen (secondary N) is 1. The minimum Gasteiger partial charge on any atom is -0.357 e. The molecule has 1 aromatic carbocycles. The first-order valence-electron chi connectivity index (χ1n) is 9.31. The first-order valence-corrected chi connectivity index (χ1v) is 11.4. The normalized spacial score (nSPS) is 12.4. The highest BCUT2D eigenvalue weighted by molar-refractivity contribution is 14.0. The molecule has 0 spiro atoms. The largest absolute Gasteiger partial charge is 0.357 e. The van der Waals surface area contributed by atoms with Crippen molar-refractivity contribution in [3.05, 3.63) is 35.4 Å². The molecule has 0 amide bonds. The highest BCUT2D eigenvalue weighted by Gasteiger charge is 2.20. The van der Waals surface area contributed by atoms with Crippen molar-refractivity contribution in [1.29, 1.82) is 0 Å². The van der Waals surface area contributed by atoms with Crippen molar-refractivity contribution in [2.75, 3.05) is 32.1 Å². The molecular formula is C20H36IN3O2S. The smallest absolute Gasteiger partial charge is 0.193 e. The fraction of sp³-hybridized carbons (Fsp3) is 0.650. The first-order chi connectivity index (χ1) is 12.1. The van der Waals surface area contributed by atoms with Gasteiger partial charge in [-0.2, -0.15) is 0 Å². The number of halogens is 1. The van der Waals surface area contributed by atoms with Gasteiger partial charge in [0, 0.05) is 32.9 Å². The molecule has 0 aromatic heterocycles. The van der Waals surface area contributed by atoms with Gasteiger partial charge in [0.15, 0.2) is 5.96 Å². The number of sulfone groups is 1. The van der Waals surface area contributed by atoms with Crippen LogP contribution in [0.15, 0.2) is 29.3 Å². The molecule has 1 rings (SSSR count).